The second kappa shape index (κ2) is 5.54. The molecule has 2 aromatic rings. The largest absolute Gasteiger partial charge is 0.304 e. The van der Waals surface area contributed by atoms with Gasteiger partial charge in [-0.3, -0.25) is 4.68 Å². The third kappa shape index (κ3) is 2.64. The zero-order valence-electron chi connectivity index (χ0n) is 12.5. The smallest absolute Gasteiger partial charge is 0.0959 e. The summed E-state index contributed by atoms with van der Waals surface area (Å²) < 4.78 is 2.15. The molecule has 5 heteroatoms. The van der Waals surface area contributed by atoms with Crippen molar-refractivity contribution in [1.82, 2.24) is 20.1 Å². The molecule has 2 aromatic heterocycles. The number of hydrogen-bond acceptors (Lipinski definition) is 4. The molecule has 0 saturated heterocycles. The maximum absolute atomic E-state index is 4.77. The van der Waals surface area contributed by atoms with E-state index in [0.717, 1.165) is 19.0 Å². The zero-order valence-corrected chi connectivity index (χ0v) is 13.3. The summed E-state index contributed by atoms with van der Waals surface area (Å²) in [6, 6.07) is 0.445. The first-order valence-corrected chi connectivity index (χ1v) is 8.95. The summed E-state index contributed by atoms with van der Waals surface area (Å²) in [7, 11) is 0. The summed E-state index contributed by atoms with van der Waals surface area (Å²) in [6.07, 6.45) is 8.37. The molecular formula is C16H22N4S. The number of thiazole rings is 1. The van der Waals surface area contributed by atoms with Crippen molar-refractivity contribution in [3.8, 4) is 0 Å². The van der Waals surface area contributed by atoms with Gasteiger partial charge in [-0.1, -0.05) is 0 Å². The van der Waals surface area contributed by atoms with Crippen LogP contribution in [0.5, 0.6) is 0 Å². The standard InChI is InChI=1S/C16H22N4S/c1-2-20-15-5-3-4-14(13(15)9-18-20)17-8-12-10-21-16(19-12)11-6-7-11/h9-11,14,17H,2-8H2,1H3. The van der Waals surface area contributed by atoms with Crippen LogP contribution >= 0.6 is 11.3 Å². The van der Waals surface area contributed by atoms with Crippen LogP contribution in [-0.2, 0) is 19.5 Å². The lowest BCUT2D eigenvalue weighted by atomic mass is 9.93. The zero-order chi connectivity index (χ0) is 14.2. The van der Waals surface area contributed by atoms with E-state index in [1.54, 1.807) is 0 Å². The van der Waals surface area contributed by atoms with Crippen molar-refractivity contribution in [3.63, 3.8) is 0 Å². The quantitative estimate of drug-likeness (QED) is 0.920. The fraction of sp³-hybridized carbons (Fsp3) is 0.625. The molecule has 2 heterocycles. The van der Waals surface area contributed by atoms with Crippen LogP contribution in [0.4, 0.5) is 0 Å². The first-order valence-electron chi connectivity index (χ1n) is 8.07. The average Bonchev–Trinajstić information content (AvgIpc) is 3.11. The molecule has 1 N–H and O–H groups in total. The summed E-state index contributed by atoms with van der Waals surface area (Å²) in [6.45, 7) is 4.02. The number of hydrogen-bond donors (Lipinski definition) is 1. The topological polar surface area (TPSA) is 42.7 Å². The number of nitrogens with one attached hydrogen (secondary N) is 1. The Labute approximate surface area is 129 Å². The maximum Gasteiger partial charge on any atom is 0.0959 e. The van der Waals surface area contributed by atoms with Gasteiger partial charge in [0, 0.05) is 41.7 Å². The molecule has 1 atom stereocenters. The molecular weight excluding hydrogens is 280 g/mol. The summed E-state index contributed by atoms with van der Waals surface area (Å²) >= 11 is 1.83. The van der Waals surface area contributed by atoms with E-state index in [9.17, 15) is 0 Å². The average molecular weight is 302 g/mol. The van der Waals surface area contributed by atoms with Gasteiger partial charge in [0.1, 0.15) is 0 Å². The predicted octanol–water partition coefficient (Wildman–Crippen LogP) is 3.40. The summed E-state index contributed by atoms with van der Waals surface area (Å²) in [5.74, 6) is 0.771. The highest BCUT2D eigenvalue weighted by Gasteiger charge is 2.27. The second-order valence-electron chi connectivity index (χ2n) is 6.14. The fourth-order valence-corrected chi connectivity index (χ4v) is 4.24. The van der Waals surface area contributed by atoms with Crippen molar-refractivity contribution in [2.45, 2.75) is 64.1 Å². The minimum Gasteiger partial charge on any atom is -0.304 e. The van der Waals surface area contributed by atoms with Crippen LogP contribution in [0, 0.1) is 0 Å². The molecule has 112 valence electrons. The third-order valence-electron chi connectivity index (χ3n) is 4.59. The van der Waals surface area contributed by atoms with Gasteiger partial charge in [0.05, 0.1) is 16.9 Å². The number of rotatable bonds is 5. The van der Waals surface area contributed by atoms with E-state index in [1.165, 1.54) is 54.1 Å². The molecule has 4 rings (SSSR count). The van der Waals surface area contributed by atoms with Gasteiger partial charge in [0.25, 0.3) is 0 Å². The van der Waals surface area contributed by atoms with Gasteiger partial charge < -0.3 is 5.32 Å². The van der Waals surface area contributed by atoms with Gasteiger partial charge in [-0.2, -0.15) is 5.10 Å². The lowest BCUT2D eigenvalue weighted by Crippen LogP contribution is -2.25. The van der Waals surface area contributed by atoms with E-state index in [1.807, 2.05) is 11.3 Å². The Morgan fingerprint density at radius 3 is 3.10 bits per heavy atom. The van der Waals surface area contributed by atoms with Gasteiger partial charge >= 0.3 is 0 Å². The van der Waals surface area contributed by atoms with Crippen LogP contribution in [0.2, 0.25) is 0 Å². The molecule has 0 aliphatic heterocycles. The molecule has 1 saturated carbocycles. The van der Waals surface area contributed by atoms with E-state index in [2.05, 4.69) is 33.6 Å². The fourth-order valence-electron chi connectivity index (χ4n) is 3.25. The first-order chi connectivity index (χ1) is 10.3. The third-order valence-corrected chi connectivity index (χ3v) is 5.64. The van der Waals surface area contributed by atoms with Crippen LogP contribution in [0.3, 0.4) is 0 Å². The number of fused-ring (bicyclic) bond motifs is 1. The van der Waals surface area contributed by atoms with Crippen molar-refractivity contribution in [2.75, 3.05) is 0 Å². The molecule has 1 unspecified atom stereocenters. The Morgan fingerprint density at radius 2 is 2.29 bits per heavy atom. The van der Waals surface area contributed by atoms with E-state index in [0.29, 0.717) is 6.04 Å². The molecule has 1 fully saturated rings. The first kappa shape index (κ1) is 13.5. The van der Waals surface area contributed by atoms with E-state index in [-0.39, 0.29) is 0 Å². The Balaban J connectivity index is 1.44. The Hall–Kier alpha value is -1.20. The molecule has 0 radical (unpaired) electrons. The molecule has 0 aromatic carbocycles. The van der Waals surface area contributed by atoms with E-state index in [4.69, 9.17) is 4.98 Å². The van der Waals surface area contributed by atoms with Gasteiger partial charge in [0.15, 0.2) is 0 Å². The van der Waals surface area contributed by atoms with Crippen LogP contribution in [0.15, 0.2) is 11.6 Å². The highest BCUT2D eigenvalue weighted by Crippen LogP contribution is 2.41. The molecule has 0 spiro atoms. The monoisotopic (exact) mass is 302 g/mol. The minimum absolute atomic E-state index is 0.445. The molecule has 0 amide bonds. The van der Waals surface area contributed by atoms with Crippen LogP contribution in [-0.4, -0.2) is 14.8 Å². The summed E-state index contributed by atoms with van der Waals surface area (Å²) in [5, 5.41) is 11.8. The van der Waals surface area contributed by atoms with Crippen molar-refractivity contribution in [2.24, 2.45) is 0 Å². The summed E-state index contributed by atoms with van der Waals surface area (Å²) in [5.41, 5.74) is 4.04. The van der Waals surface area contributed by atoms with Gasteiger partial charge in [-0.15, -0.1) is 11.3 Å². The molecule has 2 aliphatic carbocycles. The van der Waals surface area contributed by atoms with Crippen LogP contribution in [0.25, 0.3) is 0 Å². The number of nitrogens with zero attached hydrogens (tertiary/aromatic N) is 3. The normalized spacial score (nSPS) is 21.5. The highest BCUT2D eigenvalue weighted by molar-refractivity contribution is 7.09. The highest BCUT2D eigenvalue weighted by atomic mass is 32.1. The van der Waals surface area contributed by atoms with Crippen molar-refractivity contribution >= 4 is 11.3 Å². The molecule has 0 bridgehead atoms. The molecule has 21 heavy (non-hydrogen) atoms. The number of aromatic nitrogens is 3. The molecule has 4 nitrogen and oxygen atoms in total. The number of aryl methyl sites for hydroxylation is 1. The lowest BCUT2D eigenvalue weighted by Gasteiger charge is -2.23. The Morgan fingerprint density at radius 1 is 1.38 bits per heavy atom. The van der Waals surface area contributed by atoms with Crippen molar-refractivity contribution in [3.05, 3.63) is 33.5 Å². The lowest BCUT2D eigenvalue weighted by molar-refractivity contribution is 0.446. The van der Waals surface area contributed by atoms with Gasteiger partial charge in [0.2, 0.25) is 0 Å². The molecule has 2 aliphatic rings. The van der Waals surface area contributed by atoms with Crippen LogP contribution < -0.4 is 5.32 Å². The Kier molecular flexibility index (Phi) is 3.55. The van der Waals surface area contributed by atoms with E-state index < -0.39 is 0 Å². The van der Waals surface area contributed by atoms with Gasteiger partial charge in [-0.25, -0.2) is 4.98 Å². The second-order valence-corrected chi connectivity index (χ2v) is 7.03. The Bertz CT molecular complexity index is 626. The minimum atomic E-state index is 0.445. The van der Waals surface area contributed by atoms with Crippen molar-refractivity contribution < 1.29 is 0 Å². The predicted molar refractivity (Wildman–Crippen MR) is 84.5 cm³/mol. The van der Waals surface area contributed by atoms with E-state index >= 15 is 0 Å². The maximum atomic E-state index is 4.77. The van der Waals surface area contributed by atoms with Gasteiger partial charge in [-0.05, 0) is 39.0 Å². The SMILES string of the molecule is CCn1ncc2c1CCCC2NCc1csc(C2CC2)n1. The summed E-state index contributed by atoms with van der Waals surface area (Å²) in [4.78, 5) is 4.77. The van der Waals surface area contributed by atoms with Crippen molar-refractivity contribution in [1.29, 1.82) is 0 Å². The van der Waals surface area contributed by atoms with Crippen LogP contribution in [0.1, 0.15) is 66.5 Å².